The Balaban J connectivity index is 1.71. The van der Waals surface area contributed by atoms with E-state index in [0.29, 0.717) is 25.2 Å². The summed E-state index contributed by atoms with van der Waals surface area (Å²) in [6, 6.07) is 0. The number of hydrogen-bond donors (Lipinski definition) is 1. The minimum atomic E-state index is -0.702. The molecule has 102 valence electrons. The molecule has 0 bridgehead atoms. The number of carbonyl (C=O) groups is 3. The van der Waals surface area contributed by atoms with Gasteiger partial charge in [0, 0.05) is 18.5 Å². The summed E-state index contributed by atoms with van der Waals surface area (Å²) >= 11 is 0. The largest absolute Gasteiger partial charge is 0.481 e. The second kappa shape index (κ2) is 4.47. The summed E-state index contributed by atoms with van der Waals surface area (Å²) in [7, 11) is 0. The Morgan fingerprint density at radius 1 is 1.11 bits per heavy atom. The smallest absolute Gasteiger partial charge is 0.307 e. The zero-order chi connectivity index (χ0) is 13.6. The van der Waals surface area contributed by atoms with Crippen LogP contribution in [0.4, 0.5) is 0 Å². The summed E-state index contributed by atoms with van der Waals surface area (Å²) in [5.74, 6) is -0.614. The highest BCUT2D eigenvalue weighted by atomic mass is 16.4. The standard InChI is InChI=1S/C14H17NO4/c16-11-6-7-12(17)15(11)8-2-1-3-9-10(5-4-8)13(9)14(18)19/h2,9-10,13H,1,3-7H2,(H,18,19)/b8-2+. The van der Waals surface area contributed by atoms with Crippen molar-refractivity contribution in [3.8, 4) is 0 Å². The lowest BCUT2D eigenvalue weighted by Crippen LogP contribution is -2.28. The van der Waals surface area contributed by atoms with Crippen LogP contribution in [0.2, 0.25) is 0 Å². The Labute approximate surface area is 111 Å². The van der Waals surface area contributed by atoms with Gasteiger partial charge in [0.1, 0.15) is 0 Å². The Kier molecular flexibility index (Phi) is 2.92. The van der Waals surface area contributed by atoms with Gasteiger partial charge in [-0.3, -0.25) is 19.3 Å². The molecule has 0 spiro atoms. The van der Waals surface area contributed by atoms with E-state index in [0.717, 1.165) is 25.0 Å². The molecular formula is C14H17NO4. The fraction of sp³-hybridized carbons (Fsp3) is 0.643. The number of likely N-dealkylation sites (tertiary alicyclic amines) is 1. The molecule has 1 saturated carbocycles. The van der Waals surface area contributed by atoms with Crippen molar-refractivity contribution in [2.24, 2.45) is 17.8 Å². The van der Waals surface area contributed by atoms with Crippen LogP contribution in [0.25, 0.3) is 0 Å². The highest BCUT2D eigenvalue weighted by molar-refractivity contribution is 6.03. The van der Waals surface area contributed by atoms with Crippen molar-refractivity contribution in [3.63, 3.8) is 0 Å². The summed E-state index contributed by atoms with van der Waals surface area (Å²) in [6.45, 7) is 0. The molecule has 1 heterocycles. The van der Waals surface area contributed by atoms with Crippen LogP contribution in [0.1, 0.15) is 38.5 Å². The van der Waals surface area contributed by atoms with Gasteiger partial charge in [0.15, 0.2) is 0 Å². The lowest BCUT2D eigenvalue weighted by molar-refractivity contribution is -0.139. The Morgan fingerprint density at radius 2 is 1.74 bits per heavy atom. The normalized spacial score (nSPS) is 37.2. The van der Waals surface area contributed by atoms with E-state index in [-0.39, 0.29) is 23.7 Å². The zero-order valence-corrected chi connectivity index (χ0v) is 10.7. The third kappa shape index (κ3) is 2.07. The molecular weight excluding hydrogens is 246 g/mol. The molecule has 19 heavy (non-hydrogen) atoms. The van der Waals surface area contributed by atoms with E-state index in [1.165, 1.54) is 4.90 Å². The number of carbonyl (C=O) groups excluding carboxylic acids is 2. The highest BCUT2D eigenvalue weighted by Crippen LogP contribution is 2.53. The van der Waals surface area contributed by atoms with Gasteiger partial charge in [0.2, 0.25) is 11.8 Å². The van der Waals surface area contributed by atoms with E-state index in [1.54, 1.807) is 0 Å². The van der Waals surface area contributed by atoms with Crippen LogP contribution in [0.3, 0.4) is 0 Å². The summed E-state index contributed by atoms with van der Waals surface area (Å²) < 4.78 is 0. The number of fused-ring (bicyclic) bond motifs is 1. The van der Waals surface area contributed by atoms with Crippen molar-refractivity contribution in [2.75, 3.05) is 0 Å². The maximum atomic E-state index is 11.7. The average molecular weight is 263 g/mol. The van der Waals surface area contributed by atoms with Gasteiger partial charge >= 0.3 is 5.97 Å². The molecule has 0 aromatic heterocycles. The van der Waals surface area contributed by atoms with E-state index in [9.17, 15) is 14.4 Å². The third-order valence-electron chi connectivity index (χ3n) is 4.57. The molecule has 0 radical (unpaired) electrons. The Bertz CT molecular complexity index is 466. The van der Waals surface area contributed by atoms with Crippen LogP contribution in [0.5, 0.6) is 0 Å². The number of allylic oxidation sites excluding steroid dienone is 2. The van der Waals surface area contributed by atoms with Crippen molar-refractivity contribution < 1.29 is 19.5 Å². The van der Waals surface area contributed by atoms with Gasteiger partial charge in [-0.25, -0.2) is 0 Å². The maximum absolute atomic E-state index is 11.7. The van der Waals surface area contributed by atoms with E-state index in [4.69, 9.17) is 5.11 Å². The van der Waals surface area contributed by atoms with Crippen LogP contribution in [-0.2, 0) is 14.4 Å². The van der Waals surface area contributed by atoms with Gasteiger partial charge in [-0.1, -0.05) is 6.08 Å². The first-order valence-corrected chi connectivity index (χ1v) is 6.87. The minimum absolute atomic E-state index is 0.112. The molecule has 3 aliphatic rings. The van der Waals surface area contributed by atoms with Crippen molar-refractivity contribution in [3.05, 3.63) is 11.8 Å². The van der Waals surface area contributed by atoms with Crippen LogP contribution >= 0.6 is 0 Å². The molecule has 1 saturated heterocycles. The third-order valence-corrected chi connectivity index (χ3v) is 4.57. The number of carboxylic acid groups (broad SMARTS) is 1. The van der Waals surface area contributed by atoms with Gasteiger partial charge in [-0.15, -0.1) is 0 Å². The quantitative estimate of drug-likeness (QED) is 0.767. The molecule has 0 aromatic carbocycles. The van der Waals surface area contributed by atoms with Gasteiger partial charge in [-0.2, -0.15) is 0 Å². The molecule has 3 rings (SSSR count). The topological polar surface area (TPSA) is 74.7 Å². The highest BCUT2D eigenvalue weighted by Gasteiger charge is 2.54. The first kappa shape index (κ1) is 12.4. The van der Waals surface area contributed by atoms with Crippen LogP contribution in [0.15, 0.2) is 11.8 Å². The summed E-state index contributed by atoms with van der Waals surface area (Å²) in [6.07, 6.45) is 5.58. The van der Waals surface area contributed by atoms with Gasteiger partial charge in [0.05, 0.1) is 5.92 Å². The molecule has 1 N–H and O–H groups in total. The number of aliphatic carboxylic acids is 1. The van der Waals surface area contributed by atoms with Crippen molar-refractivity contribution in [1.82, 2.24) is 4.90 Å². The first-order valence-electron chi connectivity index (χ1n) is 6.87. The zero-order valence-electron chi connectivity index (χ0n) is 10.7. The number of imide groups is 1. The monoisotopic (exact) mass is 263 g/mol. The molecule has 5 heteroatoms. The number of carboxylic acids is 1. The summed E-state index contributed by atoms with van der Waals surface area (Å²) in [4.78, 5) is 35.8. The number of amides is 2. The second-order valence-electron chi connectivity index (χ2n) is 5.63. The Hall–Kier alpha value is -1.65. The lowest BCUT2D eigenvalue weighted by atomic mass is 10.0. The van der Waals surface area contributed by atoms with E-state index in [1.807, 2.05) is 6.08 Å². The molecule has 2 amide bonds. The van der Waals surface area contributed by atoms with E-state index < -0.39 is 5.97 Å². The van der Waals surface area contributed by atoms with Crippen molar-refractivity contribution in [1.29, 1.82) is 0 Å². The molecule has 2 fully saturated rings. The van der Waals surface area contributed by atoms with Gasteiger partial charge in [-0.05, 0) is 37.5 Å². The minimum Gasteiger partial charge on any atom is -0.481 e. The maximum Gasteiger partial charge on any atom is 0.307 e. The summed E-state index contributed by atoms with van der Waals surface area (Å²) in [5.41, 5.74) is 0.794. The molecule has 3 unspecified atom stereocenters. The molecule has 0 aromatic rings. The molecule has 3 atom stereocenters. The fourth-order valence-electron chi connectivity index (χ4n) is 3.56. The first-order chi connectivity index (χ1) is 9.09. The van der Waals surface area contributed by atoms with Crippen LogP contribution in [-0.4, -0.2) is 27.8 Å². The SMILES string of the molecule is O=C(O)C1C2CC/C=C(/N3C(=O)CCC3=O)CCC21. The lowest BCUT2D eigenvalue weighted by Gasteiger charge is -2.19. The predicted octanol–water partition coefficient (Wildman–Crippen LogP) is 1.54. The molecule has 1 aliphatic heterocycles. The van der Waals surface area contributed by atoms with E-state index >= 15 is 0 Å². The van der Waals surface area contributed by atoms with Gasteiger partial charge in [0.25, 0.3) is 0 Å². The number of rotatable bonds is 2. The second-order valence-corrected chi connectivity index (χ2v) is 5.63. The summed E-state index contributed by atoms with van der Waals surface area (Å²) in [5, 5.41) is 9.09. The predicted molar refractivity (Wildman–Crippen MR) is 65.7 cm³/mol. The van der Waals surface area contributed by atoms with Crippen LogP contribution in [0, 0.1) is 17.8 Å². The molecule has 5 nitrogen and oxygen atoms in total. The number of nitrogens with zero attached hydrogens (tertiary/aromatic N) is 1. The number of hydrogen-bond acceptors (Lipinski definition) is 3. The van der Waals surface area contributed by atoms with Crippen molar-refractivity contribution in [2.45, 2.75) is 38.5 Å². The van der Waals surface area contributed by atoms with E-state index in [2.05, 4.69) is 0 Å². The fourth-order valence-corrected chi connectivity index (χ4v) is 3.56. The van der Waals surface area contributed by atoms with Crippen LogP contribution < -0.4 is 0 Å². The Morgan fingerprint density at radius 3 is 2.37 bits per heavy atom. The van der Waals surface area contributed by atoms with Gasteiger partial charge < -0.3 is 5.11 Å². The van der Waals surface area contributed by atoms with Crippen molar-refractivity contribution >= 4 is 17.8 Å². The average Bonchev–Trinajstić information content (AvgIpc) is 2.91. The molecule has 2 aliphatic carbocycles.